The number of rotatable bonds is 4. The molecule has 94 valence electrons. The summed E-state index contributed by atoms with van der Waals surface area (Å²) in [6.45, 7) is 0. The van der Waals surface area contributed by atoms with Crippen molar-refractivity contribution >= 4 is 22.8 Å². The Hall–Kier alpha value is -2.34. The van der Waals surface area contributed by atoms with Crippen LogP contribution in [0.3, 0.4) is 0 Å². The summed E-state index contributed by atoms with van der Waals surface area (Å²) in [5.41, 5.74) is -1.86. The van der Waals surface area contributed by atoms with Crippen LogP contribution in [0.4, 0.5) is 0 Å². The third-order valence-electron chi connectivity index (χ3n) is 2.74. The Morgan fingerprint density at radius 3 is 2.44 bits per heavy atom. The van der Waals surface area contributed by atoms with Crippen LogP contribution in [0.1, 0.15) is 12.1 Å². The molecule has 4 N–H and O–H groups in total. The predicted octanol–water partition coefficient (Wildman–Crippen LogP) is 0.915. The lowest BCUT2D eigenvalue weighted by molar-refractivity contribution is -0.167. The normalized spacial score (nSPS) is 14.3. The van der Waals surface area contributed by atoms with Crippen LogP contribution in [0.5, 0.6) is 0 Å². The molecule has 1 atom stereocenters. The molecule has 1 aromatic heterocycles. The molecular formula is C12H11NO5. The number of benzene rings is 1. The summed E-state index contributed by atoms with van der Waals surface area (Å²) < 4.78 is 0. The fourth-order valence-corrected chi connectivity index (χ4v) is 1.80. The molecule has 0 amide bonds. The van der Waals surface area contributed by atoms with Crippen molar-refractivity contribution in [3.63, 3.8) is 0 Å². The Labute approximate surface area is 101 Å². The van der Waals surface area contributed by atoms with Gasteiger partial charge in [0.2, 0.25) is 5.60 Å². The molecule has 1 heterocycles. The Balaban J connectivity index is 2.54. The number of nitrogens with one attached hydrogen (secondary N) is 1. The van der Waals surface area contributed by atoms with E-state index < -0.39 is 24.0 Å². The molecule has 0 aliphatic carbocycles. The molecule has 0 spiro atoms. The summed E-state index contributed by atoms with van der Waals surface area (Å²) in [5, 5.41) is 28.4. The van der Waals surface area contributed by atoms with Gasteiger partial charge in [0.25, 0.3) is 0 Å². The van der Waals surface area contributed by atoms with Gasteiger partial charge in [0.1, 0.15) is 0 Å². The molecule has 0 aliphatic heterocycles. The van der Waals surface area contributed by atoms with Gasteiger partial charge in [-0.15, -0.1) is 0 Å². The Morgan fingerprint density at radius 1 is 1.22 bits per heavy atom. The highest BCUT2D eigenvalue weighted by Gasteiger charge is 2.42. The molecule has 0 bridgehead atoms. The molecule has 0 radical (unpaired) electrons. The van der Waals surface area contributed by atoms with E-state index >= 15 is 0 Å². The van der Waals surface area contributed by atoms with Crippen molar-refractivity contribution < 1.29 is 24.9 Å². The van der Waals surface area contributed by atoms with Crippen LogP contribution in [0, 0.1) is 0 Å². The zero-order chi connectivity index (χ0) is 13.3. The fraction of sp³-hybridized carbons (Fsp3) is 0.167. The van der Waals surface area contributed by atoms with Crippen molar-refractivity contribution in [1.82, 2.24) is 4.98 Å². The van der Waals surface area contributed by atoms with E-state index in [9.17, 15) is 14.7 Å². The van der Waals surface area contributed by atoms with E-state index in [0.29, 0.717) is 10.9 Å². The van der Waals surface area contributed by atoms with E-state index in [1.54, 1.807) is 24.3 Å². The van der Waals surface area contributed by atoms with E-state index in [1.165, 1.54) is 6.07 Å². The summed E-state index contributed by atoms with van der Waals surface area (Å²) in [7, 11) is 0. The molecule has 0 saturated carbocycles. The minimum absolute atomic E-state index is 0.0430. The number of aliphatic hydroxyl groups is 1. The third-order valence-corrected chi connectivity index (χ3v) is 2.74. The smallest absolute Gasteiger partial charge is 0.342 e. The highest BCUT2D eigenvalue weighted by atomic mass is 16.4. The number of para-hydroxylation sites is 1. The van der Waals surface area contributed by atoms with E-state index in [2.05, 4.69) is 4.98 Å². The van der Waals surface area contributed by atoms with Crippen molar-refractivity contribution in [2.45, 2.75) is 12.0 Å². The van der Waals surface area contributed by atoms with Crippen molar-refractivity contribution in [2.24, 2.45) is 0 Å². The van der Waals surface area contributed by atoms with E-state index in [-0.39, 0.29) is 5.69 Å². The first-order valence-electron chi connectivity index (χ1n) is 5.19. The van der Waals surface area contributed by atoms with Crippen molar-refractivity contribution in [2.75, 3.05) is 0 Å². The summed E-state index contributed by atoms with van der Waals surface area (Å²) in [4.78, 5) is 24.5. The van der Waals surface area contributed by atoms with Gasteiger partial charge in [-0.05, 0) is 17.5 Å². The van der Waals surface area contributed by atoms with Crippen LogP contribution >= 0.6 is 0 Å². The van der Waals surface area contributed by atoms with Crippen LogP contribution in [0.15, 0.2) is 30.3 Å². The van der Waals surface area contributed by atoms with Crippen LogP contribution in [0.2, 0.25) is 0 Å². The Morgan fingerprint density at radius 2 is 1.89 bits per heavy atom. The second-order valence-electron chi connectivity index (χ2n) is 4.01. The first kappa shape index (κ1) is 12.1. The predicted molar refractivity (Wildman–Crippen MR) is 62.1 cm³/mol. The van der Waals surface area contributed by atoms with Gasteiger partial charge >= 0.3 is 11.9 Å². The number of carboxylic acids is 2. The third kappa shape index (κ3) is 1.93. The number of hydrogen-bond acceptors (Lipinski definition) is 3. The molecule has 1 unspecified atom stereocenters. The van der Waals surface area contributed by atoms with Crippen LogP contribution in [-0.4, -0.2) is 32.2 Å². The van der Waals surface area contributed by atoms with Gasteiger partial charge in [-0.3, -0.25) is 4.79 Å². The Kier molecular flexibility index (Phi) is 2.80. The minimum Gasteiger partial charge on any atom is -0.481 e. The van der Waals surface area contributed by atoms with Crippen molar-refractivity contribution in [3.05, 3.63) is 36.0 Å². The number of carbonyl (C=O) groups is 2. The molecule has 6 nitrogen and oxygen atoms in total. The number of carboxylic acid groups (broad SMARTS) is 2. The zero-order valence-electron chi connectivity index (χ0n) is 9.25. The minimum atomic E-state index is -2.45. The summed E-state index contributed by atoms with van der Waals surface area (Å²) in [5.74, 6) is -2.99. The molecule has 6 heteroatoms. The average molecular weight is 249 g/mol. The summed E-state index contributed by atoms with van der Waals surface area (Å²) >= 11 is 0. The van der Waals surface area contributed by atoms with Gasteiger partial charge in [0, 0.05) is 5.52 Å². The molecular weight excluding hydrogens is 238 g/mol. The monoisotopic (exact) mass is 249 g/mol. The zero-order valence-corrected chi connectivity index (χ0v) is 9.25. The Bertz CT molecular complexity index is 585. The SMILES string of the molecule is O=C(O)CC(O)(C(=O)O)c1cc2ccccc2[nH]1. The first-order chi connectivity index (χ1) is 8.43. The van der Waals surface area contributed by atoms with E-state index in [0.717, 1.165) is 0 Å². The second-order valence-corrected chi connectivity index (χ2v) is 4.01. The maximum atomic E-state index is 11.1. The lowest BCUT2D eigenvalue weighted by Gasteiger charge is -2.19. The maximum Gasteiger partial charge on any atom is 0.342 e. The molecule has 18 heavy (non-hydrogen) atoms. The number of aliphatic carboxylic acids is 2. The van der Waals surface area contributed by atoms with Gasteiger partial charge < -0.3 is 20.3 Å². The lowest BCUT2D eigenvalue weighted by atomic mass is 9.96. The van der Waals surface area contributed by atoms with Crippen molar-refractivity contribution in [3.8, 4) is 0 Å². The van der Waals surface area contributed by atoms with Crippen LogP contribution in [0.25, 0.3) is 10.9 Å². The standard InChI is InChI=1S/C12H11NO5/c14-10(15)6-12(18,11(16)17)9-5-7-3-1-2-4-8(7)13-9/h1-5,13,18H,6H2,(H,14,15)(H,16,17). The lowest BCUT2D eigenvalue weighted by Crippen LogP contribution is -2.38. The largest absolute Gasteiger partial charge is 0.481 e. The highest BCUT2D eigenvalue weighted by molar-refractivity contribution is 5.88. The average Bonchev–Trinajstić information content (AvgIpc) is 2.71. The fourth-order valence-electron chi connectivity index (χ4n) is 1.80. The number of fused-ring (bicyclic) bond motifs is 1. The number of aromatic amines is 1. The quantitative estimate of drug-likeness (QED) is 0.643. The molecule has 0 aliphatic rings. The number of hydrogen-bond donors (Lipinski definition) is 4. The maximum absolute atomic E-state index is 11.1. The second kappa shape index (κ2) is 4.15. The number of aromatic nitrogens is 1. The van der Waals surface area contributed by atoms with Gasteiger partial charge in [-0.1, -0.05) is 18.2 Å². The van der Waals surface area contributed by atoms with Crippen LogP contribution < -0.4 is 0 Å². The molecule has 0 saturated heterocycles. The van der Waals surface area contributed by atoms with Crippen molar-refractivity contribution in [1.29, 1.82) is 0 Å². The van der Waals surface area contributed by atoms with Gasteiger partial charge in [0.15, 0.2) is 0 Å². The van der Waals surface area contributed by atoms with E-state index in [4.69, 9.17) is 10.2 Å². The molecule has 2 rings (SSSR count). The van der Waals surface area contributed by atoms with Gasteiger partial charge in [0.05, 0.1) is 12.1 Å². The summed E-state index contributed by atoms with van der Waals surface area (Å²) in [6, 6.07) is 8.39. The summed E-state index contributed by atoms with van der Waals surface area (Å²) in [6.07, 6.45) is -0.908. The molecule has 0 fully saturated rings. The number of H-pyrrole nitrogens is 1. The van der Waals surface area contributed by atoms with E-state index in [1.807, 2.05) is 0 Å². The highest BCUT2D eigenvalue weighted by Crippen LogP contribution is 2.28. The first-order valence-corrected chi connectivity index (χ1v) is 5.19. The molecule has 2 aromatic rings. The van der Waals surface area contributed by atoms with Gasteiger partial charge in [-0.25, -0.2) is 4.79 Å². The van der Waals surface area contributed by atoms with Crippen LogP contribution in [-0.2, 0) is 15.2 Å². The molecule has 1 aromatic carbocycles. The van der Waals surface area contributed by atoms with Gasteiger partial charge in [-0.2, -0.15) is 0 Å². The topological polar surface area (TPSA) is 111 Å².